The van der Waals surface area contributed by atoms with Crippen LogP contribution in [0.1, 0.15) is 12.8 Å². The van der Waals surface area contributed by atoms with Gasteiger partial charge in [-0.1, -0.05) is 12.7 Å². The highest BCUT2D eigenvalue weighted by atomic mass is 16.6. The van der Waals surface area contributed by atoms with E-state index in [1.54, 1.807) is 4.90 Å². The zero-order valence-corrected chi connectivity index (χ0v) is 9.67. The number of carbonyl (C=O) groups excluding carboxylic acids is 1. The van der Waals surface area contributed by atoms with E-state index in [2.05, 4.69) is 6.58 Å². The highest BCUT2D eigenvalue weighted by Crippen LogP contribution is 2.52. The maximum atomic E-state index is 11.6. The summed E-state index contributed by atoms with van der Waals surface area (Å²) in [5.41, 5.74) is 0. The molecule has 17 heavy (non-hydrogen) atoms. The number of likely N-dealkylation sites (tertiary alicyclic amines) is 1. The number of hydrogen-bond donors (Lipinski definition) is 1. The van der Waals surface area contributed by atoms with E-state index in [0.717, 1.165) is 12.8 Å². The van der Waals surface area contributed by atoms with Crippen LogP contribution < -0.4 is 0 Å². The summed E-state index contributed by atoms with van der Waals surface area (Å²) in [4.78, 5) is 24.1. The van der Waals surface area contributed by atoms with Gasteiger partial charge in [-0.05, 0) is 24.7 Å². The molecule has 5 nitrogen and oxygen atoms in total. The number of carbonyl (C=O) groups is 2. The Kier molecular flexibility index (Phi) is 3.36. The van der Waals surface area contributed by atoms with Crippen molar-refractivity contribution < 1.29 is 19.4 Å². The summed E-state index contributed by atoms with van der Waals surface area (Å²) in [6.45, 7) is 4.90. The number of hydrogen-bond acceptors (Lipinski definition) is 3. The van der Waals surface area contributed by atoms with Crippen LogP contribution in [0, 0.1) is 17.8 Å². The van der Waals surface area contributed by atoms with E-state index in [0.29, 0.717) is 13.1 Å². The zero-order chi connectivity index (χ0) is 12.4. The molecule has 94 valence electrons. The van der Waals surface area contributed by atoms with Gasteiger partial charge in [0, 0.05) is 13.1 Å². The number of aliphatic carboxylic acids is 1. The lowest BCUT2D eigenvalue weighted by atomic mass is 10.2. The molecule has 1 N–H and O–H groups in total. The Hall–Kier alpha value is -1.52. The number of rotatable bonds is 3. The molecule has 1 aliphatic carbocycles. The Balaban J connectivity index is 1.82. The topological polar surface area (TPSA) is 66.8 Å². The van der Waals surface area contributed by atoms with Crippen LogP contribution in [-0.4, -0.2) is 41.8 Å². The molecule has 2 aliphatic rings. The minimum atomic E-state index is -0.692. The summed E-state index contributed by atoms with van der Waals surface area (Å²) < 4.78 is 4.96. The fourth-order valence-corrected chi connectivity index (χ4v) is 2.72. The molecule has 2 fully saturated rings. The molecule has 0 radical (unpaired) electrons. The van der Waals surface area contributed by atoms with Gasteiger partial charge >= 0.3 is 12.1 Å². The second-order valence-corrected chi connectivity index (χ2v) is 4.62. The highest BCUT2D eigenvalue weighted by Gasteiger charge is 2.55. The third kappa shape index (κ3) is 2.43. The smallest absolute Gasteiger partial charge is 0.410 e. The minimum absolute atomic E-state index is 0.179. The van der Waals surface area contributed by atoms with Gasteiger partial charge in [0.1, 0.15) is 6.61 Å². The lowest BCUT2D eigenvalue weighted by molar-refractivity contribution is -0.139. The predicted molar refractivity (Wildman–Crippen MR) is 60.5 cm³/mol. The fraction of sp³-hybridized carbons (Fsp3) is 0.667. The first-order chi connectivity index (χ1) is 8.15. The van der Waals surface area contributed by atoms with Crippen LogP contribution >= 0.6 is 0 Å². The highest BCUT2D eigenvalue weighted by molar-refractivity contribution is 5.74. The van der Waals surface area contributed by atoms with Crippen molar-refractivity contribution in [1.82, 2.24) is 4.90 Å². The molecule has 1 aliphatic heterocycles. The lowest BCUT2D eigenvalue weighted by Crippen LogP contribution is -2.33. The van der Waals surface area contributed by atoms with Crippen molar-refractivity contribution in [3.8, 4) is 0 Å². The van der Waals surface area contributed by atoms with Gasteiger partial charge in [-0.25, -0.2) is 4.79 Å². The first-order valence-electron chi connectivity index (χ1n) is 5.90. The molecule has 1 saturated heterocycles. The fourth-order valence-electron chi connectivity index (χ4n) is 2.72. The number of nitrogens with zero attached hydrogens (tertiary/aromatic N) is 1. The van der Waals surface area contributed by atoms with Crippen LogP contribution in [0.4, 0.5) is 4.79 Å². The van der Waals surface area contributed by atoms with E-state index in [1.807, 2.05) is 0 Å². The van der Waals surface area contributed by atoms with Crippen molar-refractivity contribution in [1.29, 1.82) is 0 Å². The molecule has 0 aromatic carbocycles. The molecule has 3 atom stereocenters. The van der Waals surface area contributed by atoms with E-state index in [-0.39, 0.29) is 30.5 Å². The average molecular weight is 239 g/mol. The number of amides is 1. The molecule has 1 unspecified atom stereocenters. The van der Waals surface area contributed by atoms with Gasteiger partial charge in [0.2, 0.25) is 0 Å². The standard InChI is InChI=1S/C12H17NO4/c1-2-7-17-12(16)13-5-3-8-9(4-6-13)10(8)11(14)15/h2,8-10H,1,3-7H2,(H,14,15)/t8-,9+,10?. The molecule has 0 spiro atoms. The van der Waals surface area contributed by atoms with Crippen LogP contribution in [0.25, 0.3) is 0 Å². The van der Waals surface area contributed by atoms with Gasteiger partial charge in [-0.15, -0.1) is 0 Å². The molecule has 0 aromatic rings. The number of carboxylic acid groups (broad SMARTS) is 1. The van der Waals surface area contributed by atoms with Crippen LogP contribution in [0.2, 0.25) is 0 Å². The Morgan fingerprint density at radius 3 is 2.41 bits per heavy atom. The molecular weight excluding hydrogens is 222 g/mol. The maximum absolute atomic E-state index is 11.6. The third-order valence-corrected chi connectivity index (χ3v) is 3.66. The Morgan fingerprint density at radius 1 is 1.35 bits per heavy atom. The molecule has 1 saturated carbocycles. The van der Waals surface area contributed by atoms with Crippen molar-refractivity contribution in [3.05, 3.63) is 12.7 Å². The van der Waals surface area contributed by atoms with Gasteiger partial charge in [0.15, 0.2) is 0 Å². The van der Waals surface area contributed by atoms with Crippen molar-refractivity contribution in [2.24, 2.45) is 17.8 Å². The average Bonchev–Trinajstić information content (AvgIpc) is 3.00. The first kappa shape index (κ1) is 12.0. The third-order valence-electron chi connectivity index (χ3n) is 3.66. The van der Waals surface area contributed by atoms with Gasteiger partial charge in [0.25, 0.3) is 0 Å². The van der Waals surface area contributed by atoms with E-state index >= 15 is 0 Å². The predicted octanol–water partition coefficient (Wildman–Crippen LogP) is 1.35. The van der Waals surface area contributed by atoms with E-state index in [4.69, 9.17) is 9.84 Å². The van der Waals surface area contributed by atoms with Crippen LogP contribution in [0.15, 0.2) is 12.7 Å². The summed E-state index contributed by atoms with van der Waals surface area (Å²) in [7, 11) is 0. The van der Waals surface area contributed by atoms with Crippen LogP contribution in [0.5, 0.6) is 0 Å². The quantitative estimate of drug-likeness (QED) is 0.755. The molecule has 0 bridgehead atoms. The molecular formula is C12H17NO4. The summed E-state index contributed by atoms with van der Waals surface area (Å²) in [6.07, 6.45) is 2.75. The largest absolute Gasteiger partial charge is 0.481 e. The molecule has 1 heterocycles. The number of ether oxygens (including phenoxy) is 1. The Bertz CT molecular complexity index is 327. The second-order valence-electron chi connectivity index (χ2n) is 4.62. The molecule has 0 aromatic heterocycles. The van der Waals surface area contributed by atoms with Gasteiger partial charge in [0.05, 0.1) is 5.92 Å². The zero-order valence-electron chi connectivity index (χ0n) is 9.67. The number of fused-ring (bicyclic) bond motifs is 1. The maximum Gasteiger partial charge on any atom is 0.410 e. The van der Waals surface area contributed by atoms with Crippen LogP contribution in [-0.2, 0) is 9.53 Å². The van der Waals surface area contributed by atoms with Gasteiger partial charge < -0.3 is 14.7 Å². The lowest BCUT2D eigenvalue weighted by Gasteiger charge is -2.20. The van der Waals surface area contributed by atoms with Crippen molar-refractivity contribution in [3.63, 3.8) is 0 Å². The van der Waals surface area contributed by atoms with E-state index in [9.17, 15) is 9.59 Å². The van der Waals surface area contributed by atoms with Crippen molar-refractivity contribution in [2.75, 3.05) is 19.7 Å². The summed E-state index contributed by atoms with van der Waals surface area (Å²) in [6, 6.07) is 0. The second kappa shape index (κ2) is 4.77. The Morgan fingerprint density at radius 2 is 1.94 bits per heavy atom. The van der Waals surface area contributed by atoms with Gasteiger partial charge in [-0.3, -0.25) is 4.79 Å². The molecule has 1 amide bonds. The minimum Gasteiger partial charge on any atom is -0.481 e. The van der Waals surface area contributed by atoms with E-state index in [1.165, 1.54) is 6.08 Å². The van der Waals surface area contributed by atoms with Crippen molar-refractivity contribution in [2.45, 2.75) is 12.8 Å². The van der Waals surface area contributed by atoms with E-state index < -0.39 is 5.97 Å². The summed E-state index contributed by atoms with van der Waals surface area (Å²) in [5, 5.41) is 8.95. The van der Waals surface area contributed by atoms with Crippen molar-refractivity contribution >= 4 is 12.1 Å². The van der Waals surface area contributed by atoms with Crippen LogP contribution in [0.3, 0.4) is 0 Å². The first-order valence-corrected chi connectivity index (χ1v) is 5.90. The summed E-state index contributed by atoms with van der Waals surface area (Å²) in [5.74, 6) is -0.363. The Labute approximate surface area is 100 Å². The SMILES string of the molecule is C=CCOC(=O)N1CC[C@@H]2C(C(=O)O)[C@@H]2CC1. The number of carboxylic acids is 1. The van der Waals surface area contributed by atoms with Gasteiger partial charge in [-0.2, -0.15) is 0 Å². The normalized spacial score (nSPS) is 31.1. The monoisotopic (exact) mass is 239 g/mol. The molecule has 2 rings (SSSR count). The summed E-state index contributed by atoms with van der Waals surface area (Å²) >= 11 is 0. The molecule has 5 heteroatoms.